The average Bonchev–Trinajstić information content (AvgIpc) is 2.84. The molecule has 0 aliphatic heterocycles. The SMILES string of the molecule is Cc1ccc(NC(=O)O[C@H](c2ccc(O)cc2)[C@H](C)CC/C=C/C(=O)Nc2ccccc2N)cc1. The first kappa shape index (κ1) is 25.4. The fraction of sp³-hybridized carbons (Fsp3) is 0.214. The molecule has 3 aromatic carbocycles. The van der Waals surface area contributed by atoms with Crippen LogP contribution < -0.4 is 16.4 Å². The summed E-state index contributed by atoms with van der Waals surface area (Å²) in [6.07, 6.45) is 3.43. The number of nitrogens with one attached hydrogen (secondary N) is 2. The molecule has 0 saturated heterocycles. The van der Waals surface area contributed by atoms with E-state index in [-0.39, 0.29) is 17.6 Å². The van der Waals surface area contributed by atoms with Gasteiger partial charge in [0.15, 0.2) is 0 Å². The van der Waals surface area contributed by atoms with Gasteiger partial charge in [-0.2, -0.15) is 0 Å². The number of anilines is 3. The Morgan fingerprint density at radius 3 is 2.37 bits per heavy atom. The fourth-order valence-corrected chi connectivity index (χ4v) is 3.56. The van der Waals surface area contributed by atoms with E-state index in [9.17, 15) is 14.7 Å². The number of benzene rings is 3. The van der Waals surface area contributed by atoms with Crippen molar-refractivity contribution in [2.75, 3.05) is 16.4 Å². The van der Waals surface area contributed by atoms with Crippen LogP contribution in [0.25, 0.3) is 0 Å². The zero-order valence-electron chi connectivity index (χ0n) is 19.9. The number of para-hydroxylation sites is 2. The molecule has 0 fully saturated rings. The van der Waals surface area contributed by atoms with Gasteiger partial charge in [-0.3, -0.25) is 10.1 Å². The van der Waals surface area contributed by atoms with Gasteiger partial charge in [-0.25, -0.2) is 4.79 Å². The molecule has 0 unspecified atom stereocenters. The minimum absolute atomic E-state index is 0.0548. The van der Waals surface area contributed by atoms with Crippen LogP contribution in [0.1, 0.15) is 37.0 Å². The molecule has 2 amide bonds. The van der Waals surface area contributed by atoms with Crippen LogP contribution >= 0.6 is 0 Å². The van der Waals surface area contributed by atoms with E-state index in [1.807, 2.05) is 38.1 Å². The van der Waals surface area contributed by atoms with Gasteiger partial charge >= 0.3 is 6.09 Å². The summed E-state index contributed by atoms with van der Waals surface area (Å²) >= 11 is 0. The number of aromatic hydroxyl groups is 1. The van der Waals surface area contributed by atoms with Gasteiger partial charge < -0.3 is 20.9 Å². The number of rotatable bonds is 9. The van der Waals surface area contributed by atoms with Crippen molar-refractivity contribution in [1.29, 1.82) is 0 Å². The molecule has 0 radical (unpaired) electrons. The minimum atomic E-state index is -0.561. The number of amides is 2. The number of nitrogen functional groups attached to an aromatic ring is 1. The molecule has 3 rings (SSSR count). The van der Waals surface area contributed by atoms with Crippen molar-refractivity contribution >= 4 is 29.1 Å². The van der Waals surface area contributed by atoms with Crippen molar-refractivity contribution in [3.05, 3.63) is 96.1 Å². The van der Waals surface area contributed by atoms with Crippen LogP contribution in [0.2, 0.25) is 0 Å². The first-order chi connectivity index (χ1) is 16.8. The molecule has 2 atom stereocenters. The van der Waals surface area contributed by atoms with Crippen molar-refractivity contribution in [2.45, 2.75) is 32.8 Å². The molecule has 7 heteroatoms. The first-order valence-electron chi connectivity index (χ1n) is 11.5. The maximum absolute atomic E-state index is 12.6. The lowest BCUT2D eigenvalue weighted by Gasteiger charge is -2.24. The van der Waals surface area contributed by atoms with Gasteiger partial charge in [0, 0.05) is 5.69 Å². The van der Waals surface area contributed by atoms with Crippen molar-refractivity contribution in [2.24, 2.45) is 5.92 Å². The van der Waals surface area contributed by atoms with Crippen molar-refractivity contribution < 1.29 is 19.4 Å². The fourth-order valence-electron chi connectivity index (χ4n) is 3.56. The van der Waals surface area contributed by atoms with Crippen LogP contribution in [0, 0.1) is 12.8 Å². The predicted octanol–water partition coefficient (Wildman–Crippen LogP) is 6.18. The quantitative estimate of drug-likeness (QED) is 0.219. The lowest BCUT2D eigenvalue weighted by atomic mass is 9.93. The predicted molar refractivity (Wildman–Crippen MR) is 139 cm³/mol. The molecule has 0 heterocycles. The van der Waals surface area contributed by atoms with E-state index >= 15 is 0 Å². The van der Waals surface area contributed by atoms with E-state index in [4.69, 9.17) is 10.5 Å². The molecule has 182 valence electrons. The zero-order valence-corrected chi connectivity index (χ0v) is 19.9. The van der Waals surface area contributed by atoms with Gasteiger partial charge in [0.2, 0.25) is 5.91 Å². The van der Waals surface area contributed by atoms with Gasteiger partial charge in [0.1, 0.15) is 11.9 Å². The highest BCUT2D eigenvalue weighted by atomic mass is 16.6. The van der Waals surface area contributed by atoms with E-state index in [1.165, 1.54) is 6.08 Å². The third-order valence-corrected chi connectivity index (χ3v) is 5.55. The number of hydrogen-bond acceptors (Lipinski definition) is 5. The second-order valence-corrected chi connectivity index (χ2v) is 8.44. The molecule has 35 heavy (non-hydrogen) atoms. The van der Waals surface area contributed by atoms with Crippen LogP contribution in [-0.4, -0.2) is 17.1 Å². The topological polar surface area (TPSA) is 114 Å². The number of aryl methyl sites for hydroxylation is 1. The Labute approximate surface area is 205 Å². The van der Waals surface area contributed by atoms with Gasteiger partial charge in [-0.15, -0.1) is 0 Å². The first-order valence-corrected chi connectivity index (χ1v) is 11.5. The number of ether oxygens (including phenoxy) is 1. The van der Waals surface area contributed by atoms with Gasteiger partial charge in [0.05, 0.1) is 11.4 Å². The molecule has 5 N–H and O–H groups in total. The standard InChI is InChI=1S/C28H31N3O4/c1-19-11-15-22(16-12-19)30-28(34)35-27(21-13-17-23(32)18-14-21)20(2)7-3-6-10-26(33)31-25-9-5-4-8-24(25)29/h4-6,8-18,20,27,32H,3,7,29H2,1-2H3,(H,30,34)(H,31,33)/b10-6+/t20-,27+/m1/s1. The normalized spacial score (nSPS) is 12.6. The minimum Gasteiger partial charge on any atom is -0.508 e. The third kappa shape index (κ3) is 7.92. The van der Waals surface area contributed by atoms with Crippen molar-refractivity contribution in [3.63, 3.8) is 0 Å². The number of phenols is 1. The Bertz CT molecular complexity index is 1160. The van der Waals surface area contributed by atoms with Gasteiger partial charge in [-0.1, -0.05) is 55.0 Å². The lowest BCUT2D eigenvalue weighted by Crippen LogP contribution is -2.22. The van der Waals surface area contributed by atoms with E-state index in [1.54, 1.807) is 54.6 Å². The summed E-state index contributed by atoms with van der Waals surface area (Å²) in [5.74, 6) is -0.183. The smallest absolute Gasteiger partial charge is 0.412 e. The third-order valence-electron chi connectivity index (χ3n) is 5.55. The molecule has 0 aliphatic carbocycles. The van der Waals surface area contributed by atoms with E-state index in [2.05, 4.69) is 10.6 Å². The highest BCUT2D eigenvalue weighted by Crippen LogP contribution is 2.31. The van der Waals surface area contributed by atoms with Crippen molar-refractivity contribution in [1.82, 2.24) is 0 Å². The highest BCUT2D eigenvalue weighted by molar-refractivity contribution is 6.01. The summed E-state index contributed by atoms with van der Waals surface area (Å²) < 4.78 is 5.79. The summed E-state index contributed by atoms with van der Waals surface area (Å²) in [4.78, 5) is 24.8. The molecule has 0 aromatic heterocycles. The van der Waals surface area contributed by atoms with E-state index < -0.39 is 12.2 Å². The second-order valence-electron chi connectivity index (χ2n) is 8.44. The Balaban J connectivity index is 1.60. The largest absolute Gasteiger partial charge is 0.508 e. The van der Waals surface area contributed by atoms with Crippen LogP contribution in [0.3, 0.4) is 0 Å². The molecule has 0 spiro atoms. The van der Waals surface area contributed by atoms with E-state index in [0.29, 0.717) is 29.9 Å². The summed E-state index contributed by atoms with van der Waals surface area (Å²) in [5, 5.41) is 15.2. The van der Waals surface area contributed by atoms with Crippen LogP contribution in [0.5, 0.6) is 5.75 Å². The Hall–Kier alpha value is -4.26. The second kappa shape index (κ2) is 12.3. The van der Waals surface area contributed by atoms with Crippen molar-refractivity contribution in [3.8, 4) is 5.75 Å². The van der Waals surface area contributed by atoms with Crippen LogP contribution in [0.4, 0.5) is 21.9 Å². The summed E-state index contributed by atoms with van der Waals surface area (Å²) in [6.45, 7) is 3.95. The number of hydrogen-bond donors (Lipinski definition) is 4. The summed E-state index contributed by atoms with van der Waals surface area (Å²) in [7, 11) is 0. The summed E-state index contributed by atoms with van der Waals surface area (Å²) in [6, 6.07) is 21.1. The molecule has 0 aliphatic rings. The maximum atomic E-state index is 12.6. The Kier molecular flexibility index (Phi) is 8.89. The Morgan fingerprint density at radius 1 is 1.00 bits per heavy atom. The molecular formula is C28H31N3O4. The van der Waals surface area contributed by atoms with Gasteiger partial charge in [0.25, 0.3) is 0 Å². The van der Waals surface area contributed by atoms with E-state index in [0.717, 1.165) is 11.1 Å². The average molecular weight is 474 g/mol. The highest BCUT2D eigenvalue weighted by Gasteiger charge is 2.23. The van der Waals surface area contributed by atoms with Crippen LogP contribution in [-0.2, 0) is 9.53 Å². The zero-order chi connectivity index (χ0) is 25.2. The van der Waals surface area contributed by atoms with Crippen LogP contribution in [0.15, 0.2) is 84.9 Å². The molecular weight excluding hydrogens is 442 g/mol. The Morgan fingerprint density at radius 2 is 1.69 bits per heavy atom. The molecule has 0 bridgehead atoms. The molecule has 0 saturated carbocycles. The molecule has 7 nitrogen and oxygen atoms in total. The lowest BCUT2D eigenvalue weighted by molar-refractivity contribution is -0.111. The maximum Gasteiger partial charge on any atom is 0.412 e. The summed E-state index contributed by atoms with van der Waals surface area (Å²) in [5.41, 5.74) is 9.43. The number of carbonyl (C=O) groups excluding carboxylic acids is 2. The monoisotopic (exact) mass is 473 g/mol. The number of nitrogens with two attached hydrogens (primary N) is 1. The number of allylic oxidation sites excluding steroid dienone is 1. The molecule has 3 aromatic rings. The number of phenolic OH excluding ortho intramolecular Hbond substituents is 1. The number of carbonyl (C=O) groups is 2. The van der Waals surface area contributed by atoms with Gasteiger partial charge in [-0.05, 0) is 73.7 Å².